The molecule has 2 N–H and O–H groups in total. The first kappa shape index (κ1) is 14.9. The van der Waals surface area contributed by atoms with Crippen molar-refractivity contribution in [1.82, 2.24) is 10.3 Å². The number of nitrogens with one attached hydrogen (secondary N) is 1. The summed E-state index contributed by atoms with van der Waals surface area (Å²) >= 11 is 0. The number of aromatic nitrogens is 1. The Morgan fingerprint density at radius 3 is 2.71 bits per heavy atom. The molecule has 1 heterocycles. The molecule has 4 heteroatoms. The average molecular weight is 282 g/mol. The van der Waals surface area contributed by atoms with Crippen molar-refractivity contribution >= 4 is 12.0 Å². The van der Waals surface area contributed by atoms with Gasteiger partial charge in [-0.05, 0) is 29.7 Å². The molecule has 0 aliphatic rings. The molecule has 0 aliphatic heterocycles. The van der Waals surface area contributed by atoms with Crippen molar-refractivity contribution in [2.24, 2.45) is 0 Å². The van der Waals surface area contributed by atoms with Crippen LogP contribution in [0.3, 0.4) is 0 Å². The van der Waals surface area contributed by atoms with Gasteiger partial charge in [0.05, 0.1) is 6.04 Å². The van der Waals surface area contributed by atoms with Crippen molar-refractivity contribution in [2.45, 2.75) is 12.5 Å². The van der Waals surface area contributed by atoms with Gasteiger partial charge in [0.15, 0.2) is 0 Å². The predicted octanol–water partition coefficient (Wildman–Crippen LogP) is 2.33. The van der Waals surface area contributed by atoms with Gasteiger partial charge in [-0.3, -0.25) is 9.78 Å². The third kappa shape index (κ3) is 4.85. The lowest BCUT2D eigenvalue weighted by Gasteiger charge is -2.17. The van der Waals surface area contributed by atoms with E-state index in [-0.39, 0.29) is 18.6 Å². The standard InChI is InChI=1S/C17H18N2O2/c20-12-10-16(15-6-2-1-3-7-15)19-17(21)9-8-14-5-4-11-18-13-14/h1-9,11,13,16,20H,10,12H2,(H,19,21)/b9-8+. The van der Waals surface area contributed by atoms with E-state index in [0.29, 0.717) is 6.42 Å². The Balaban J connectivity index is 2.00. The number of rotatable bonds is 6. The summed E-state index contributed by atoms with van der Waals surface area (Å²) in [7, 11) is 0. The fourth-order valence-corrected chi connectivity index (χ4v) is 2.00. The molecule has 0 aliphatic carbocycles. The van der Waals surface area contributed by atoms with Gasteiger partial charge >= 0.3 is 0 Å². The molecule has 0 saturated carbocycles. The zero-order valence-corrected chi connectivity index (χ0v) is 11.6. The summed E-state index contributed by atoms with van der Waals surface area (Å²) in [5, 5.41) is 12.0. The van der Waals surface area contributed by atoms with E-state index in [9.17, 15) is 4.79 Å². The van der Waals surface area contributed by atoms with Crippen LogP contribution >= 0.6 is 0 Å². The molecule has 1 aromatic heterocycles. The molecule has 1 unspecified atom stereocenters. The van der Waals surface area contributed by atoms with E-state index >= 15 is 0 Å². The Kier molecular flexibility index (Phi) is 5.67. The van der Waals surface area contributed by atoms with Crippen LogP contribution in [0.15, 0.2) is 60.9 Å². The van der Waals surface area contributed by atoms with Crippen molar-refractivity contribution in [3.63, 3.8) is 0 Å². The van der Waals surface area contributed by atoms with E-state index < -0.39 is 0 Å². The van der Waals surface area contributed by atoms with Crippen LogP contribution in [0, 0.1) is 0 Å². The Labute approximate surface area is 124 Å². The number of hydrogen-bond acceptors (Lipinski definition) is 3. The summed E-state index contributed by atoms with van der Waals surface area (Å²) in [4.78, 5) is 16.0. The molecule has 0 spiro atoms. The number of pyridine rings is 1. The first-order chi connectivity index (χ1) is 10.3. The summed E-state index contributed by atoms with van der Waals surface area (Å²) in [6, 6.07) is 13.1. The highest BCUT2D eigenvalue weighted by molar-refractivity contribution is 5.91. The van der Waals surface area contributed by atoms with Crippen LogP contribution in [0.4, 0.5) is 0 Å². The number of carbonyl (C=O) groups excluding carboxylic acids is 1. The zero-order valence-electron chi connectivity index (χ0n) is 11.6. The summed E-state index contributed by atoms with van der Waals surface area (Å²) < 4.78 is 0. The Morgan fingerprint density at radius 1 is 1.24 bits per heavy atom. The molecule has 0 radical (unpaired) electrons. The fraction of sp³-hybridized carbons (Fsp3) is 0.176. The summed E-state index contributed by atoms with van der Waals surface area (Å²) in [6.07, 6.45) is 7.04. The Hall–Kier alpha value is -2.46. The van der Waals surface area contributed by atoms with Crippen LogP contribution in [-0.4, -0.2) is 22.6 Å². The van der Waals surface area contributed by atoms with Crippen LogP contribution < -0.4 is 5.32 Å². The number of nitrogens with zero attached hydrogens (tertiary/aromatic N) is 1. The van der Waals surface area contributed by atoms with E-state index in [2.05, 4.69) is 10.3 Å². The summed E-state index contributed by atoms with van der Waals surface area (Å²) in [5.41, 5.74) is 1.85. The quantitative estimate of drug-likeness (QED) is 0.799. The molecule has 2 aromatic rings. The summed E-state index contributed by atoms with van der Waals surface area (Å²) in [5.74, 6) is -0.193. The van der Waals surface area contributed by atoms with Gasteiger partial charge in [0.25, 0.3) is 0 Å². The molecule has 4 nitrogen and oxygen atoms in total. The number of benzene rings is 1. The second-order valence-corrected chi connectivity index (χ2v) is 4.60. The minimum atomic E-state index is -0.193. The molecule has 0 bridgehead atoms. The molecule has 1 atom stereocenters. The van der Waals surface area contributed by atoms with Crippen LogP contribution in [0.25, 0.3) is 6.08 Å². The number of amides is 1. The maximum atomic E-state index is 12.0. The number of hydrogen-bond donors (Lipinski definition) is 2. The molecule has 108 valence electrons. The van der Waals surface area contributed by atoms with E-state index in [1.54, 1.807) is 18.5 Å². The third-order valence-electron chi connectivity index (χ3n) is 3.05. The maximum Gasteiger partial charge on any atom is 0.244 e. The zero-order chi connectivity index (χ0) is 14.9. The van der Waals surface area contributed by atoms with Gasteiger partial charge in [-0.2, -0.15) is 0 Å². The third-order valence-corrected chi connectivity index (χ3v) is 3.05. The molecule has 1 aromatic carbocycles. The normalized spacial score (nSPS) is 12.2. The Morgan fingerprint density at radius 2 is 2.05 bits per heavy atom. The molecular weight excluding hydrogens is 264 g/mol. The maximum absolute atomic E-state index is 12.0. The lowest BCUT2D eigenvalue weighted by molar-refractivity contribution is -0.117. The minimum Gasteiger partial charge on any atom is -0.396 e. The van der Waals surface area contributed by atoms with Gasteiger partial charge in [0.1, 0.15) is 0 Å². The van der Waals surface area contributed by atoms with Gasteiger partial charge in [-0.15, -0.1) is 0 Å². The molecular formula is C17H18N2O2. The lowest BCUT2D eigenvalue weighted by atomic mass is 10.0. The molecule has 21 heavy (non-hydrogen) atoms. The fourth-order valence-electron chi connectivity index (χ4n) is 2.00. The SMILES string of the molecule is O=C(/C=C/c1cccnc1)NC(CCO)c1ccccc1. The van der Waals surface area contributed by atoms with Crippen LogP contribution in [0.2, 0.25) is 0 Å². The highest BCUT2D eigenvalue weighted by atomic mass is 16.3. The van der Waals surface area contributed by atoms with Crippen LogP contribution in [0.5, 0.6) is 0 Å². The van der Waals surface area contributed by atoms with E-state index in [0.717, 1.165) is 11.1 Å². The van der Waals surface area contributed by atoms with Crippen molar-refractivity contribution in [3.05, 3.63) is 72.1 Å². The largest absolute Gasteiger partial charge is 0.396 e. The van der Waals surface area contributed by atoms with Crippen molar-refractivity contribution < 1.29 is 9.90 Å². The van der Waals surface area contributed by atoms with Crippen LogP contribution in [0.1, 0.15) is 23.6 Å². The minimum absolute atomic E-state index is 0.0200. The molecule has 0 fully saturated rings. The van der Waals surface area contributed by atoms with E-state index in [1.807, 2.05) is 42.5 Å². The first-order valence-corrected chi connectivity index (χ1v) is 6.84. The molecule has 1 amide bonds. The monoisotopic (exact) mass is 282 g/mol. The summed E-state index contributed by atoms with van der Waals surface area (Å²) in [6.45, 7) is 0.0200. The van der Waals surface area contributed by atoms with Gasteiger partial charge in [0, 0.05) is 25.1 Å². The number of aliphatic hydroxyl groups is 1. The van der Waals surface area contributed by atoms with Gasteiger partial charge in [0.2, 0.25) is 5.91 Å². The van der Waals surface area contributed by atoms with Gasteiger partial charge in [-0.25, -0.2) is 0 Å². The van der Waals surface area contributed by atoms with Gasteiger partial charge < -0.3 is 10.4 Å². The van der Waals surface area contributed by atoms with Crippen molar-refractivity contribution in [1.29, 1.82) is 0 Å². The molecule has 0 saturated heterocycles. The second-order valence-electron chi connectivity index (χ2n) is 4.60. The van der Waals surface area contributed by atoms with Crippen molar-refractivity contribution in [3.8, 4) is 0 Å². The number of carbonyl (C=O) groups is 1. The first-order valence-electron chi connectivity index (χ1n) is 6.84. The lowest BCUT2D eigenvalue weighted by Crippen LogP contribution is -2.27. The van der Waals surface area contributed by atoms with E-state index in [4.69, 9.17) is 5.11 Å². The highest BCUT2D eigenvalue weighted by Gasteiger charge is 2.12. The van der Waals surface area contributed by atoms with Gasteiger partial charge in [-0.1, -0.05) is 36.4 Å². The number of aliphatic hydroxyl groups excluding tert-OH is 1. The predicted molar refractivity (Wildman–Crippen MR) is 82.3 cm³/mol. The Bertz CT molecular complexity index is 582. The smallest absolute Gasteiger partial charge is 0.244 e. The second kappa shape index (κ2) is 7.97. The van der Waals surface area contributed by atoms with Crippen molar-refractivity contribution in [2.75, 3.05) is 6.61 Å². The van der Waals surface area contributed by atoms with E-state index in [1.165, 1.54) is 6.08 Å². The topological polar surface area (TPSA) is 62.2 Å². The average Bonchev–Trinajstić information content (AvgIpc) is 2.54. The molecule has 2 rings (SSSR count). The van der Waals surface area contributed by atoms with Crippen LogP contribution in [-0.2, 0) is 4.79 Å². The highest BCUT2D eigenvalue weighted by Crippen LogP contribution is 2.15.